The minimum atomic E-state index is -5.34. The van der Waals surface area contributed by atoms with Crippen molar-refractivity contribution in [1.82, 2.24) is 10.6 Å². The first-order valence-electron chi connectivity index (χ1n) is 29.3. The fourth-order valence-electron chi connectivity index (χ4n) is 8.27. The molecule has 2 rings (SSSR count). The van der Waals surface area contributed by atoms with Crippen LogP contribution >= 0.6 is 7.82 Å². The first-order valence-corrected chi connectivity index (χ1v) is 30.8. The molecule has 0 heterocycles. The molecular formula is C60H96N2NaO16P. The maximum absolute atomic E-state index is 13.7. The molecule has 0 spiro atoms. The van der Waals surface area contributed by atoms with Gasteiger partial charge in [0.25, 0.3) is 7.82 Å². The summed E-state index contributed by atoms with van der Waals surface area (Å²) in [5, 5.41) is 4.96. The van der Waals surface area contributed by atoms with Crippen LogP contribution in [-0.2, 0) is 74.4 Å². The normalized spacial score (nSPS) is 13.4. The summed E-state index contributed by atoms with van der Waals surface area (Å²) in [6, 6.07) is 15.2. The SMILES string of the molecule is CCCCCCCCCCCCCC(=O)OC[C@H](COP(=O)([O-])OCC(COC(=O)[C@@H](NC(=O)OCc1ccccc1)C(C)C)OC(=O)[C@@H](NC(=O)OCc1ccccc1)C(C)C)OC(=O)CCCCCCCCCCCCC.[Na+]. The van der Waals surface area contributed by atoms with Crippen LogP contribution in [0.4, 0.5) is 9.59 Å². The molecule has 448 valence electrons. The molecule has 5 atom stereocenters. The molecule has 0 aromatic heterocycles. The monoisotopic (exact) mass is 1150 g/mol. The van der Waals surface area contributed by atoms with Gasteiger partial charge in [-0.25, -0.2) is 19.2 Å². The van der Waals surface area contributed by atoms with E-state index in [-0.39, 0.29) is 55.6 Å². The maximum atomic E-state index is 13.7. The van der Waals surface area contributed by atoms with Gasteiger partial charge in [-0.2, -0.15) is 0 Å². The third kappa shape index (κ3) is 37.9. The Bertz CT molecular complexity index is 2020. The van der Waals surface area contributed by atoms with Crippen LogP contribution in [0.1, 0.15) is 207 Å². The second-order valence-electron chi connectivity index (χ2n) is 20.9. The molecule has 0 saturated heterocycles. The molecule has 2 N–H and O–H groups in total. The summed E-state index contributed by atoms with van der Waals surface area (Å²) in [6.45, 7) is 7.82. The first kappa shape index (κ1) is 74.0. The van der Waals surface area contributed by atoms with E-state index in [9.17, 15) is 38.2 Å². The molecule has 2 aromatic rings. The molecule has 0 radical (unpaired) electrons. The van der Waals surface area contributed by atoms with Crippen molar-refractivity contribution in [1.29, 1.82) is 0 Å². The number of rotatable bonds is 46. The Morgan fingerprint density at radius 2 is 0.800 bits per heavy atom. The minimum absolute atomic E-state index is 0. The molecular weight excluding hydrogens is 1060 g/mol. The third-order valence-corrected chi connectivity index (χ3v) is 14.0. The summed E-state index contributed by atoms with van der Waals surface area (Å²) >= 11 is 0. The average Bonchev–Trinajstić information content (AvgIpc) is 3.43. The number of hydrogen-bond acceptors (Lipinski definition) is 16. The molecule has 2 aromatic carbocycles. The van der Waals surface area contributed by atoms with Gasteiger partial charge in [-0.05, 0) is 35.8 Å². The van der Waals surface area contributed by atoms with Gasteiger partial charge < -0.3 is 53.0 Å². The Labute approximate surface area is 500 Å². The number of unbranched alkanes of at least 4 members (excludes halogenated alkanes) is 20. The first-order chi connectivity index (χ1) is 38.0. The van der Waals surface area contributed by atoms with Gasteiger partial charge in [0.1, 0.15) is 38.5 Å². The van der Waals surface area contributed by atoms with Gasteiger partial charge in [0, 0.05) is 12.8 Å². The molecule has 0 saturated carbocycles. The van der Waals surface area contributed by atoms with Gasteiger partial charge >= 0.3 is 65.6 Å². The molecule has 0 fully saturated rings. The van der Waals surface area contributed by atoms with Crippen LogP contribution in [0.3, 0.4) is 0 Å². The summed E-state index contributed by atoms with van der Waals surface area (Å²) in [7, 11) is -5.34. The smallest absolute Gasteiger partial charge is 0.756 e. The predicted octanol–water partition coefficient (Wildman–Crippen LogP) is 9.71. The number of esters is 4. The van der Waals surface area contributed by atoms with Crippen molar-refractivity contribution >= 4 is 43.9 Å². The number of nitrogens with one attached hydrogen (secondary N) is 2. The standard InChI is InChI=1S/C60H97N2O16P.Na/c1-7-9-11-13-15-17-19-21-23-25-33-39-53(63)71-43-51(77-54(64)40-34-26-24-22-20-18-16-14-12-10-8-2)45-75-79(69,70)76-46-52(78-58(66)56(48(5)6)62-60(68)74-42-50-37-31-28-32-38-50)44-72-57(65)55(47(3)4)61-59(67)73-41-49-35-29-27-30-36-49;/h27-32,35-38,47-48,51-52,55-56H,7-26,33-34,39-46H2,1-6H3,(H,61,67)(H,62,68)(H,69,70);/q;+1/p-1/t51-,52?,55+,56+;/m1./s1. The molecule has 18 nitrogen and oxygen atoms in total. The Hall–Kier alpha value is -4.03. The van der Waals surface area contributed by atoms with E-state index in [4.69, 9.17) is 37.5 Å². The van der Waals surface area contributed by atoms with E-state index in [1.165, 1.54) is 77.0 Å². The molecule has 2 amide bonds. The van der Waals surface area contributed by atoms with Gasteiger partial charge in [0.15, 0.2) is 12.2 Å². The Morgan fingerprint density at radius 3 is 1.20 bits per heavy atom. The third-order valence-electron chi connectivity index (χ3n) is 13.0. The van der Waals surface area contributed by atoms with E-state index in [1.54, 1.807) is 82.3 Å². The van der Waals surface area contributed by atoms with Crippen molar-refractivity contribution in [2.75, 3.05) is 26.4 Å². The number of phosphoric ester groups is 1. The topological polar surface area (TPSA) is 240 Å². The predicted molar refractivity (Wildman–Crippen MR) is 300 cm³/mol. The number of benzene rings is 2. The van der Waals surface area contributed by atoms with E-state index < -0.39 is 106 Å². The van der Waals surface area contributed by atoms with Crippen LogP contribution in [-0.4, -0.2) is 86.8 Å². The van der Waals surface area contributed by atoms with E-state index in [2.05, 4.69) is 24.5 Å². The Balaban J connectivity index is 0.0000320. The zero-order valence-electron chi connectivity index (χ0n) is 49.4. The number of carbonyl (C=O) groups excluding carboxylic acids is 6. The summed E-state index contributed by atoms with van der Waals surface area (Å²) in [4.78, 5) is 92.2. The van der Waals surface area contributed by atoms with Crippen LogP contribution in [0.15, 0.2) is 60.7 Å². The van der Waals surface area contributed by atoms with Gasteiger partial charge in [0.2, 0.25) is 0 Å². The van der Waals surface area contributed by atoms with Crippen molar-refractivity contribution in [3.8, 4) is 0 Å². The second kappa shape index (κ2) is 46.5. The van der Waals surface area contributed by atoms with Gasteiger partial charge in [-0.1, -0.05) is 231 Å². The number of alkyl carbamates (subject to hydrolysis) is 2. The molecule has 0 aliphatic rings. The summed E-state index contributed by atoms with van der Waals surface area (Å²) in [5.41, 5.74) is 1.41. The number of ether oxygens (including phenoxy) is 6. The maximum Gasteiger partial charge on any atom is 1.00 e. The van der Waals surface area contributed by atoms with Crippen LogP contribution < -0.4 is 45.1 Å². The van der Waals surface area contributed by atoms with Crippen molar-refractivity contribution < 1.29 is 105 Å². The van der Waals surface area contributed by atoms with Crippen LogP contribution in [0.25, 0.3) is 0 Å². The van der Waals surface area contributed by atoms with E-state index in [1.807, 2.05) is 6.07 Å². The fourth-order valence-corrected chi connectivity index (χ4v) is 9.04. The molecule has 2 unspecified atom stereocenters. The van der Waals surface area contributed by atoms with Gasteiger partial charge in [-0.3, -0.25) is 14.2 Å². The Kier molecular flexibility index (Phi) is 43.0. The zero-order valence-corrected chi connectivity index (χ0v) is 52.3. The second-order valence-corrected chi connectivity index (χ2v) is 22.4. The van der Waals surface area contributed by atoms with E-state index in [0.717, 1.165) is 51.4 Å². The summed E-state index contributed by atoms with van der Waals surface area (Å²) in [5.74, 6) is -4.24. The quantitative estimate of drug-likeness (QED) is 0.0206. The Morgan fingerprint density at radius 1 is 0.450 bits per heavy atom. The van der Waals surface area contributed by atoms with Crippen molar-refractivity contribution in [3.05, 3.63) is 71.8 Å². The average molecular weight is 1160 g/mol. The molecule has 80 heavy (non-hydrogen) atoms. The molecule has 20 heteroatoms. The number of hydrogen-bond donors (Lipinski definition) is 2. The molecule has 0 aliphatic heterocycles. The number of phosphoric acid groups is 1. The summed E-state index contributed by atoms with van der Waals surface area (Å²) in [6.07, 6.45) is 19.6. The van der Waals surface area contributed by atoms with Crippen molar-refractivity contribution in [2.24, 2.45) is 11.8 Å². The summed E-state index contributed by atoms with van der Waals surface area (Å²) < 4.78 is 56.6. The largest absolute Gasteiger partial charge is 1.00 e. The molecule has 0 bridgehead atoms. The van der Waals surface area contributed by atoms with Crippen LogP contribution in [0, 0.1) is 11.8 Å². The van der Waals surface area contributed by atoms with Crippen molar-refractivity contribution in [2.45, 2.75) is 233 Å². The molecule has 0 aliphatic carbocycles. The van der Waals surface area contributed by atoms with Gasteiger partial charge in [-0.15, -0.1) is 0 Å². The van der Waals surface area contributed by atoms with Crippen molar-refractivity contribution in [3.63, 3.8) is 0 Å². The zero-order chi connectivity index (χ0) is 57.9. The van der Waals surface area contributed by atoms with Gasteiger partial charge in [0.05, 0.1) is 13.2 Å². The van der Waals surface area contributed by atoms with E-state index >= 15 is 0 Å². The van der Waals surface area contributed by atoms with E-state index in [0.29, 0.717) is 24.0 Å². The fraction of sp³-hybridized carbons (Fsp3) is 0.700. The number of carbonyl (C=O) groups is 6. The van der Waals surface area contributed by atoms with Crippen LogP contribution in [0.2, 0.25) is 0 Å². The minimum Gasteiger partial charge on any atom is -0.756 e. The van der Waals surface area contributed by atoms with Crippen LogP contribution in [0.5, 0.6) is 0 Å². The number of amides is 2.